The van der Waals surface area contributed by atoms with E-state index in [1.807, 2.05) is 24.3 Å². The lowest BCUT2D eigenvalue weighted by Gasteiger charge is -2.13. The van der Waals surface area contributed by atoms with Crippen LogP contribution in [0.4, 0.5) is 0 Å². The van der Waals surface area contributed by atoms with Gasteiger partial charge in [0.05, 0.1) is 12.3 Å². The molecule has 1 aliphatic rings. The molecular formula is C15H20N2O2. The molecule has 0 fully saturated rings. The van der Waals surface area contributed by atoms with E-state index in [0.29, 0.717) is 18.8 Å². The van der Waals surface area contributed by atoms with Gasteiger partial charge in [-0.15, -0.1) is 0 Å². The fraction of sp³-hybridized carbons (Fsp3) is 0.467. The Hall–Kier alpha value is -1.84. The quantitative estimate of drug-likeness (QED) is 0.885. The molecule has 0 aromatic heterocycles. The molecule has 19 heavy (non-hydrogen) atoms. The predicted molar refractivity (Wildman–Crippen MR) is 75.3 cm³/mol. The molecule has 4 nitrogen and oxygen atoms in total. The van der Waals surface area contributed by atoms with Crippen molar-refractivity contribution in [2.75, 3.05) is 6.61 Å². The van der Waals surface area contributed by atoms with Gasteiger partial charge in [0.25, 0.3) is 0 Å². The molecule has 1 N–H and O–H groups in total. The van der Waals surface area contributed by atoms with Crippen molar-refractivity contribution in [3.63, 3.8) is 0 Å². The lowest BCUT2D eigenvalue weighted by atomic mass is 10.0. The van der Waals surface area contributed by atoms with Crippen LogP contribution in [0.25, 0.3) is 0 Å². The zero-order chi connectivity index (χ0) is 13.7. The zero-order valence-corrected chi connectivity index (χ0v) is 11.5. The van der Waals surface area contributed by atoms with Crippen molar-refractivity contribution in [3.05, 3.63) is 29.8 Å². The predicted octanol–water partition coefficient (Wildman–Crippen LogP) is 2.73. The third-order valence-electron chi connectivity index (χ3n) is 3.06. The summed E-state index contributed by atoms with van der Waals surface area (Å²) < 4.78 is 5.67. The average Bonchev–Trinajstić information content (AvgIpc) is 2.40. The van der Waals surface area contributed by atoms with Gasteiger partial charge in [0.2, 0.25) is 5.91 Å². The summed E-state index contributed by atoms with van der Waals surface area (Å²) in [6.07, 6.45) is 2.26. The first kappa shape index (κ1) is 13.6. The highest BCUT2D eigenvalue weighted by molar-refractivity contribution is 6.04. The Kier molecular flexibility index (Phi) is 4.55. The van der Waals surface area contributed by atoms with Crippen LogP contribution < -0.4 is 10.2 Å². The van der Waals surface area contributed by atoms with E-state index in [4.69, 9.17) is 4.74 Å². The Bertz CT molecular complexity index is 464. The van der Waals surface area contributed by atoms with Gasteiger partial charge in [0.1, 0.15) is 5.75 Å². The number of hydrogen-bond acceptors (Lipinski definition) is 3. The molecule has 1 heterocycles. The van der Waals surface area contributed by atoms with Crippen molar-refractivity contribution >= 4 is 11.6 Å². The fourth-order valence-electron chi connectivity index (χ4n) is 1.84. The standard InChI is InChI=1S/C15H20N2O2/c1-11(2)9-10-19-13-5-3-12(4-6-13)14-7-8-15(18)17-16-14/h3-6,11H,7-10H2,1-2H3,(H,17,18). The minimum atomic E-state index is -0.0163. The van der Waals surface area contributed by atoms with Crippen molar-refractivity contribution < 1.29 is 9.53 Å². The number of benzene rings is 1. The summed E-state index contributed by atoms with van der Waals surface area (Å²) in [5.41, 5.74) is 4.47. The first-order valence-electron chi connectivity index (χ1n) is 6.74. The van der Waals surface area contributed by atoms with Gasteiger partial charge in [0, 0.05) is 12.8 Å². The summed E-state index contributed by atoms with van der Waals surface area (Å²) in [5.74, 6) is 1.52. The smallest absolute Gasteiger partial charge is 0.240 e. The first-order chi connectivity index (χ1) is 9.15. The molecule has 0 saturated heterocycles. The Morgan fingerprint density at radius 1 is 1.26 bits per heavy atom. The molecule has 0 saturated carbocycles. The van der Waals surface area contributed by atoms with Gasteiger partial charge in [0.15, 0.2) is 0 Å². The molecule has 4 heteroatoms. The molecule has 0 bridgehead atoms. The van der Waals surface area contributed by atoms with Crippen LogP contribution in [0.2, 0.25) is 0 Å². The van der Waals surface area contributed by atoms with Gasteiger partial charge in [-0.2, -0.15) is 5.10 Å². The average molecular weight is 260 g/mol. The van der Waals surface area contributed by atoms with Crippen LogP contribution in [0, 0.1) is 5.92 Å². The Balaban J connectivity index is 1.93. The number of rotatable bonds is 5. The lowest BCUT2D eigenvalue weighted by Crippen LogP contribution is -2.25. The van der Waals surface area contributed by atoms with E-state index in [1.54, 1.807) is 0 Å². The summed E-state index contributed by atoms with van der Waals surface area (Å²) in [5, 5.41) is 4.07. The van der Waals surface area contributed by atoms with Crippen LogP contribution >= 0.6 is 0 Å². The maximum atomic E-state index is 11.0. The monoisotopic (exact) mass is 260 g/mol. The SMILES string of the molecule is CC(C)CCOc1ccc(C2=NNC(=O)CC2)cc1. The highest BCUT2D eigenvalue weighted by Crippen LogP contribution is 2.16. The van der Waals surface area contributed by atoms with Crippen LogP contribution in [0.15, 0.2) is 29.4 Å². The van der Waals surface area contributed by atoms with E-state index in [2.05, 4.69) is 24.4 Å². The molecule has 1 aromatic carbocycles. The summed E-state index contributed by atoms with van der Waals surface area (Å²) in [4.78, 5) is 11.0. The second kappa shape index (κ2) is 6.36. The minimum Gasteiger partial charge on any atom is -0.494 e. The number of nitrogens with zero attached hydrogens (tertiary/aromatic N) is 1. The number of carbonyl (C=O) groups is 1. The molecule has 2 rings (SSSR count). The fourth-order valence-corrected chi connectivity index (χ4v) is 1.84. The van der Waals surface area contributed by atoms with E-state index >= 15 is 0 Å². The van der Waals surface area contributed by atoms with E-state index in [1.165, 1.54) is 0 Å². The summed E-state index contributed by atoms with van der Waals surface area (Å²) in [7, 11) is 0. The van der Waals surface area contributed by atoms with Gasteiger partial charge in [-0.3, -0.25) is 4.79 Å². The second-order valence-electron chi connectivity index (χ2n) is 5.15. The van der Waals surface area contributed by atoms with E-state index < -0.39 is 0 Å². The molecule has 0 radical (unpaired) electrons. The number of hydrogen-bond donors (Lipinski definition) is 1. The largest absolute Gasteiger partial charge is 0.494 e. The molecule has 102 valence electrons. The third kappa shape index (κ3) is 4.09. The van der Waals surface area contributed by atoms with Gasteiger partial charge in [-0.1, -0.05) is 13.8 Å². The summed E-state index contributed by atoms with van der Waals surface area (Å²) in [6, 6.07) is 7.88. The molecule has 1 aliphatic heterocycles. The number of amides is 1. The van der Waals surface area contributed by atoms with E-state index in [-0.39, 0.29) is 5.91 Å². The number of carbonyl (C=O) groups excluding carboxylic acids is 1. The topological polar surface area (TPSA) is 50.7 Å². The Morgan fingerprint density at radius 3 is 2.58 bits per heavy atom. The van der Waals surface area contributed by atoms with Gasteiger partial charge in [-0.25, -0.2) is 5.43 Å². The minimum absolute atomic E-state index is 0.0163. The first-order valence-corrected chi connectivity index (χ1v) is 6.74. The van der Waals surface area contributed by atoms with Crippen molar-refractivity contribution in [2.24, 2.45) is 11.0 Å². The summed E-state index contributed by atoms with van der Waals surface area (Å²) in [6.45, 7) is 5.11. The van der Waals surface area contributed by atoms with Crippen molar-refractivity contribution in [3.8, 4) is 5.75 Å². The Labute approximate surface area is 113 Å². The molecular weight excluding hydrogens is 240 g/mol. The van der Waals surface area contributed by atoms with Crippen LogP contribution in [0.1, 0.15) is 38.7 Å². The van der Waals surface area contributed by atoms with Crippen molar-refractivity contribution in [2.45, 2.75) is 33.1 Å². The highest BCUT2D eigenvalue weighted by atomic mass is 16.5. The third-order valence-corrected chi connectivity index (χ3v) is 3.06. The van der Waals surface area contributed by atoms with Crippen LogP contribution in [0.3, 0.4) is 0 Å². The maximum Gasteiger partial charge on any atom is 0.240 e. The maximum absolute atomic E-state index is 11.0. The van der Waals surface area contributed by atoms with Crippen LogP contribution in [-0.2, 0) is 4.79 Å². The lowest BCUT2D eigenvalue weighted by molar-refractivity contribution is -0.121. The summed E-state index contributed by atoms with van der Waals surface area (Å²) >= 11 is 0. The van der Waals surface area contributed by atoms with Gasteiger partial charge < -0.3 is 4.74 Å². The number of hydrazone groups is 1. The number of ether oxygens (including phenoxy) is 1. The highest BCUT2D eigenvalue weighted by Gasteiger charge is 2.12. The Morgan fingerprint density at radius 2 is 2.00 bits per heavy atom. The van der Waals surface area contributed by atoms with Crippen LogP contribution in [0.5, 0.6) is 5.75 Å². The molecule has 0 spiro atoms. The van der Waals surface area contributed by atoms with Gasteiger partial charge in [-0.05, 0) is 42.2 Å². The van der Waals surface area contributed by atoms with Gasteiger partial charge >= 0.3 is 0 Å². The zero-order valence-electron chi connectivity index (χ0n) is 11.5. The second-order valence-corrected chi connectivity index (χ2v) is 5.15. The van der Waals surface area contributed by atoms with Crippen molar-refractivity contribution in [1.29, 1.82) is 0 Å². The van der Waals surface area contributed by atoms with E-state index in [9.17, 15) is 4.79 Å². The molecule has 0 aliphatic carbocycles. The van der Waals surface area contributed by atoms with Crippen LogP contribution in [-0.4, -0.2) is 18.2 Å². The molecule has 0 atom stereocenters. The number of nitrogens with one attached hydrogen (secondary N) is 1. The molecule has 1 aromatic rings. The molecule has 1 amide bonds. The van der Waals surface area contributed by atoms with E-state index in [0.717, 1.165) is 30.1 Å². The van der Waals surface area contributed by atoms with Crippen molar-refractivity contribution in [1.82, 2.24) is 5.43 Å². The normalized spacial score (nSPS) is 15.1. The molecule has 0 unspecified atom stereocenters.